The molecule has 4 N–H and O–H groups in total. The van der Waals surface area contributed by atoms with Crippen LogP contribution in [0.25, 0.3) is 0 Å². The topological polar surface area (TPSA) is 232 Å². The average molecular weight is 762 g/mol. The van der Waals surface area contributed by atoms with E-state index in [9.17, 15) is 18.3 Å². The van der Waals surface area contributed by atoms with Gasteiger partial charge in [-0.1, -0.05) is 43.7 Å². The highest BCUT2D eigenvalue weighted by molar-refractivity contribution is 7.92. The van der Waals surface area contributed by atoms with Gasteiger partial charge in [0.2, 0.25) is 5.75 Å². The van der Waals surface area contributed by atoms with Gasteiger partial charge in [0, 0.05) is 18.5 Å². The molecular weight excluding hydrogens is 730 g/mol. The molecule has 20 heteroatoms. The molecule has 0 saturated heterocycles. The molecule has 18 nitrogen and oxygen atoms in total. The Hall–Kier alpha value is -6.34. The molecule has 1 aliphatic rings. The van der Waals surface area contributed by atoms with Crippen LogP contribution in [0.3, 0.4) is 0 Å². The van der Waals surface area contributed by atoms with Gasteiger partial charge in [0.05, 0.1) is 18.7 Å². The van der Waals surface area contributed by atoms with Crippen molar-refractivity contribution in [3.05, 3.63) is 108 Å². The number of allylic oxidation sites excluding steroid dienone is 2. The normalized spacial score (nSPS) is 15.1. The number of halogens is 1. The first kappa shape index (κ1) is 36.5. The number of sulfonamides is 1. The highest BCUT2D eigenvalue weighted by Crippen LogP contribution is 2.43. The second kappa shape index (κ2) is 15.5. The number of hydrogen-bond acceptors (Lipinski definition) is 14. The van der Waals surface area contributed by atoms with Crippen molar-refractivity contribution in [1.82, 2.24) is 45.9 Å². The van der Waals surface area contributed by atoms with Gasteiger partial charge >= 0.3 is 6.09 Å². The quantitative estimate of drug-likeness (QED) is 0.121. The SMILES string of the molecule is COc1ccc(Cl)c(Oc2c(NS(=O)(=O)c3ccc(C(C)C)cn3)nc(C3(c4nnn[nH]4)C=CC=CN3)nc2OCCN(C(=O)O)c2ccccn2)c1. The van der Waals surface area contributed by atoms with Crippen LogP contribution in [0.2, 0.25) is 5.02 Å². The third-order valence-electron chi connectivity index (χ3n) is 7.76. The Kier molecular flexibility index (Phi) is 10.7. The number of dihydropyridines is 1. The number of carboxylic acid groups (broad SMARTS) is 1. The lowest BCUT2D eigenvalue weighted by Gasteiger charge is -2.29. The number of hydrogen-bond donors (Lipinski definition) is 4. The molecule has 1 unspecified atom stereocenters. The molecule has 0 spiro atoms. The number of tetrazole rings is 1. The van der Waals surface area contributed by atoms with Gasteiger partial charge in [-0.2, -0.15) is 13.4 Å². The van der Waals surface area contributed by atoms with Gasteiger partial charge < -0.3 is 24.6 Å². The zero-order valence-corrected chi connectivity index (χ0v) is 29.9. The molecule has 0 radical (unpaired) electrons. The zero-order valence-electron chi connectivity index (χ0n) is 28.3. The number of aromatic amines is 1. The first-order valence-electron chi connectivity index (χ1n) is 15.8. The van der Waals surface area contributed by atoms with Crippen LogP contribution < -0.4 is 29.1 Å². The van der Waals surface area contributed by atoms with Crippen molar-refractivity contribution >= 4 is 39.4 Å². The molecule has 274 valence electrons. The number of H-pyrrole nitrogens is 1. The molecule has 0 saturated carbocycles. The van der Waals surface area contributed by atoms with Crippen LogP contribution in [-0.4, -0.2) is 80.4 Å². The summed E-state index contributed by atoms with van der Waals surface area (Å²) in [5.41, 5.74) is -0.659. The van der Waals surface area contributed by atoms with Crippen LogP contribution in [0.1, 0.15) is 37.0 Å². The molecule has 0 fully saturated rings. The second-order valence-corrected chi connectivity index (χ2v) is 13.5. The number of aromatic nitrogens is 8. The Balaban J connectivity index is 1.51. The number of carbonyl (C=O) groups is 1. The number of amides is 1. The number of benzene rings is 1. The predicted octanol–water partition coefficient (Wildman–Crippen LogP) is 4.64. The van der Waals surface area contributed by atoms with E-state index in [4.69, 9.17) is 25.8 Å². The third kappa shape index (κ3) is 7.95. The highest BCUT2D eigenvalue weighted by atomic mass is 35.5. The van der Waals surface area contributed by atoms with E-state index < -0.39 is 27.5 Å². The van der Waals surface area contributed by atoms with E-state index in [1.165, 1.54) is 43.8 Å². The van der Waals surface area contributed by atoms with Crippen LogP contribution in [0.4, 0.5) is 16.4 Å². The molecule has 5 aromatic rings. The van der Waals surface area contributed by atoms with E-state index in [0.29, 0.717) is 5.75 Å². The van der Waals surface area contributed by atoms with Gasteiger partial charge in [-0.3, -0.25) is 9.62 Å². The fourth-order valence-electron chi connectivity index (χ4n) is 4.99. The summed E-state index contributed by atoms with van der Waals surface area (Å²) in [6, 6.07) is 12.4. The van der Waals surface area contributed by atoms with Crippen molar-refractivity contribution in [2.45, 2.75) is 30.3 Å². The molecule has 1 aliphatic heterocycles. The molecule has 1 aromatic carbocycles. The van der Waals surface area contributed by atoms with Crippen molar-refractivity contribution in [2.75, 3.05) is 29.9 Å². The molecule has 0 aliphatic carbocycles. The Morgan fingerprint density at radius 1 is 1.11 bits per heavy atom. The van der Waals surface area contributed by atoms with Crippen LogP contribution in [0.15, 0.2) is 90.4 Å². The minimum absolute atomic E-state index is 0.0282. The van der Waals surface area contributed by atoms with Crippen molar-refractivity contribution in [3.8, 4) is 23.1 Å². The molecule has 53 heavy (non-hydrogen) atoms. The fraction of sp³-hybridized carbons (Fsp3) is 0.212. The number of anilines is 2. The van der Waals surface area contributed by atoms with Gasteiger partial charge in [-0.15, -0.1) is 5.10 Å². The summed E-state index contributed by atoms with van der Waals surface area (Å²) in [6.45, 7) is 3.37. The Labute approximate surface area is 308 Å². The third-order valence-corrected chi connectivity index (χ3v) is 9.33. The molecule has 1 amide bonds. The predicted molar refractivity (Wildman–Crippen MR) is 191 cm³/mol. The van der Waals surface area contributed by atoms with Gasteiger partial charge in [0.15, 0.2) is 28.0 Å². The lowest BCUT2D eigenvalue weighted by molar-refractivity contribution is 0.198. The van der Waals surface area contributed by atoms with Crippen LogP contribution >= 0.6 is 11.6 Å². The van der Waals surface area contributed by atoms with E-state index in [1.54, 1.807) is 48.7 Å². The minimum Gasteiger partial charge on any atom is -0.497 e. The molecule has 1 atom stereocenters. The van der Waals surface area contributed by atoms with Crippen molar-refractivity contribution in [2.24, 2.45) is 0 Å². The maximum atomic E-state index is 14.0. The highest BCUT2D eigenvalue weighted by Gasteiger charge is 2.41. The second-order valence-electron chi connectivity index (χ2n) is 11.5. The average Bonchev–Trinajstić information content (AvgIpc) is 3.72. The Morgan fingerprint density at radius 3 is 2.60 bits per heavy atom. The van der Waals surface area contributed by atoms with Crippen LogP contribution in [0, 0.1) is 0 Å². The zero-order chi connectivity index (χ0) is 37.6. The molecule has 6 rings (SSSR count). The molecule has 0 bridgehead atoms. The van der Waals surface area contributed by atoms with Gasteiger partial charge in [0.1, 0.15) is 23.9 Å². The van der Waals surface area contributed by atoms with E-state index in [-0.39, 0.29) is 64.0 Å². The van der Waals surface area contributed by atoms with Crippen molar-refractivity contribution < 1.29 is 32.5 Å². The Bertz CT molecular complexity index is 2240. The number of ether oxygens (including phenoxy) is 3. The van der Waals surface area contributed by atoms with E-state index >= 15 is 0 Å². The number of nitrogens with zero attached hydrogens (tertiary/aromatic N) is 8. The summed E-state index contributed by atoms with van der Waals surface area (Å²) in [7, 11) is -3.00. The maximum Gasteiger partial charge on any atom is 0.413 e. The lowest BCUT2D eigenvalue weighted by Crippen LogP contribution is -2.43. The Morgan fingerprint density at radius 2 is 1.96 bits per heavy atom. The summed E-state index contributed by atoms with van der Waals surface area (Å²) in [6.07, 6.45) is 8.26. The van der Waals surface area contributed by atoms with Gasteiger partial charge in [0.25, 0.3) is 15.9 Å². The number of methoxy groups -OCH3 is 1. The first-order valence-corrected chi connectivity index (χ1v) is 17.7. The maximum absolute atomic E-state index is 14.0. The number of rotatable bonds is 14. The summed E-state index contributed by atoms with van der Waals surface area (Å²) in [4.78, 5) is 30.8. The largest absolute Gasteiger partial charge is 0.497 e. The van der Waals surface area contributed by atoms with E-state index in [1.807, 2.05) is 13.8 Å². The minimum atomic E-state index is -4.45. The standard InChI is InChI=1S/C33H32ClN11O7S/c1-20(2)21-9-12-26(36-19-21)53(48,49)42-28-27(52-24-18-22(50-3)10-11-23(24)34)29(51-17-16-45(32(46)47)25-8-4-6-14-35-25)39-30(38-28)33(13-5-7-15-37-33)31-40-43-44-41-31/h4-15,18-20,37H,16-17H2,1-3H3,(H,46,47)(H,38,39,42)(H,40,41,43,44). The fourth-order valence-corrected chi connectivity index (χ4v) is 6.08. The molecule has 4 aromatic heterocycles. The summed E-state index contributed by atoms with van der Waals surface area (Å²) >= 11 is 6.53. The number of pyridine rings is 2. The van der Waals surface area contributed by atoms with Gasteiger partial charge in [-0.05, 0) is 70.6 Å². The van der Waals surface area contributed by atoms with Crippen LogP contribution in [-0.2, 0) is 15.6 Å². The van der Waals surface area contributed by atoms with E-state index in [2.05, 4.69) is 50.6 Å². The molecular formula is C33H32ClN11O7S. The van der Waals surface area contributed by atoms with Crippen molar-refractivity contribution in [3.63, 3.8) is 0 Å². The number of nitrogens with one attached hydrogen (secondary N) is 3. The lowest BCUT2D eigenvalue weighted by atomic mass is 9.95. The van der Waals surface area contributed by atoms with Crippen LogP contribution in [0.5, 0.6) is 23.1 Å². The first-order chi connectivity index (χ1) is 25.5. The smallest absolute Gasteiger partial charge is 0.413 e. The summed E-state index contributed by atoms with van der Waals surface area (Å²) in [5, 5.41) is 27.1. The van der Waals surface area contributed by atoms with Gasteiger partial charge in [-0.25, -0.2) is 24.8 Å². The summed E-state index contributed by atoms with van der Waals surface area (Å²) in [5.74, 6) is -0.340. The van der Waals surface area contributed by atoms with E-state index in [0.717, 1.165) is 10.5 Å². The molecule has 5 heterocycles. The summed E-state index contributed by atoms with van der Waals surface area (Å²) < 4.78 is 48.1. The monoisotopic (exact) mass is 761 g/mol. The van der Waals surface area contributed by atoms with Crippen molar-refractivity contribution in [1.29, 1.82) is 0 Å².